The van der Waals surface area contributed by atoms with Crippen molar-refractivity contribution in [2.75, 3.05) is 5.32 Å². The van der Waals surface area contributed by atoms with Gasteiger partial charge in [0.2, 0.25) is 5.95 Å². The second-order valence-corrected chi connectivity index (χ2v) is 8.27. The van der Waals surface area contributed by atoms with Gasteiger partial charge in [-0.3, -0.25) is 0 Å². The average Bonchev–Trinajstić information content (AvgIpc) is 3.06. The topological polar surface area (TPSA) is 72.8 Å². The van der Waals surface area contributed by atoms with E-state index >= 15 is 0 Å². The summed E-state index contributed by atoms with van der Waals surface area (Å²) in [6.07, 6.45) is 0. The van der Waals surface area contributed by atoms with Crippen LogP contribution in [0.4, 0.5) is 11.6 Å². The maximum absolute atomic E-state index is 13.5. The summed E-state index contributed by atoms with van der Waals surface area (Å²) in [5.41, 5.74) is 2.41. The maximum atomic E-state index is 13.5. The van der Waals surface area contributed by atoms with Gasteiger partial charge in [0.1, 0.15) is 0 Å². The predicted octanol–water partition coefficient (Wildman–Crippen LogP) is 4.62. The van der Waals surface area contributed by atoms with Crippen LogP contribution in [-0.4, -0.2) is 18.6 Å². The monoisotopic (exact) mass is 445 g/mol. The van der Waals surface area contributed by atoms with E-state index in [1.807, 2.05) is 24.3 Å². The normalized spacial score (nSPS) is 11.5. The van der Waals surface area contributed by atoms with Gasteiger partial charge in [-0.15, -0.1) is 0 Å². The summed E-state index contributed by atoms with van der Waals surface area (Å²) in [5, 5.41) is 3.75. The van der Waals surface area contributed by atoms with Gasteiger partial charge in [-0.05, 0) is 60.0 Å². The second kappa shape index (κ2) is 7.69. The van der Waals surface area contributed by atoms with Crippen LogP contribution in [0.5, 0.6) is 0 Å². The van der Waals surface area contributed by atoms with E-state index in [-0.39, 0.29) is 11.9 Å². The number of para-hydroxylation sites is 1. The van der Waals surface area contributed by atoms with Gasteiger partial charge in [0.15, 0.2) is 0 Å². The predicted molar refractivity (Wildman–Crippen MR) is 127 cm³/mol. The van der Waals surface area contributed by atoms with Crippen molar-refractivity contribution in [1.82, 2.24) is 18.6 Å². The molecule has 5 aromatic rings. The fourth-order valence-corrected chi connectivity index (χ4v) is 3.83. The Morgan fingerprint density at radius 2 is 1.56 bits per heavy atom. The number of hydrogen-bond acceptors (Lipinski definition) is 4. The molecular formula is C24H20ClN5O2. The van der Waals surface area contributed by atoms with Crippen LogP contribution < -0.4 is 16.7 Å². The van der Waals surface area contributed by atoms with Gasteiger partial charge in [-0.25, -0.2) is 19.1 Å². The average molecular weight is 446 g/mol. The van der Waals surface area contributed by atoms with E-state index in [0.29, 0.717) is 27.4 Å². The van der Waals surface area contributed by atoms with E-state index < -0.39 is 11.4 Å². The van der Waals surface area contributed by atoms with Crippen molar-refractivity contribution in [3.8, 4) is 5.69 Å². The molecule has 160 valence electrons. The molecule has 0 amide bonds. The lowest BCUT2D eigenvalue weighted by Crippen LogP contribution is -2.26. The smallest absolute Gasteiger partial charge is 0.324 e. The van der Waals surface area contributed by atoms with E-state index in [0.717, 1.165) is 10.1 Å². The molecule has 2 heterocycles. The van der Waals surface area contributed by atoms with E-state index in [2.05, 4.69) is 24.1 Å². The van der Waals surface area contributed by atoms with Gasteiger partial charge >= 0.3 is 11.4 Å². The van der Waals surface area contributed by atoms with Crippen molar-refractivity contribution in [1.29, 1.82) is 0 Å². The van der Waals surface area contributed by atoms with E-state index in [9.17, 15) is 9.59 Å². The van der Waals surface area contributed by atoms with Gasteiger partial charge in [0.05, 0.1) is 16.7 Å². The molecule has 0 aliphatic rings. The van der Waals surface area contributed by atoms with Gasteiger partial charge in [0.25, 0.3) is 0 Å². The molecule has 5 rings (SSSR count). The minimum absolute atomic E-state index is 0.230. The van der Waals surface area contributed by atoms with E-state index in [4.69, 9.17) is 11.6 Å². The summed E-state index contributed by atoms with van der Waals surface area (Å²) in [4.78, 5) is 31.7. The highest BCUT2D eigenvalue weighted by Gasteiger charge is 2.20. The molecule has 0 atom stereocenters. The van der Waals surface area contributed by atoms with Crippen LogP contribution in [0.15, 0.2) is 82.4 Å². The van der Waals surface area contributed by atoms with Crippen LogP contribution >= 0.6 is 11.6 Å². The minimum Gasteiger partial charge on any atom is -0.324 e. The summed E-state index contributed by atoms with van der Waals surface area (Å²) < 4.78 is 3.80. The molecular weight excluding hydrogens is 426 g/mol. The Balaban J connectivity index is 1.87. The molecule has 0 saturated carbocycles. The summed E-state index contributed by atoms with van der Waals surface area (Å²) in [5.74, 6) is 0.485. The number of fused-ring (bicyclic) bond motifs is 3. The van der Waals surface area contributed by atoms with Crippen molar-refractivity contribution in [2.24, 2.45) is 0 Å². The Morgan fingerprint density at radius 1 is 0.875 bits per heavy atom. The van der Waals surface area contributed by atoms with Crippen molar-refractivity contribution >= 4 is 34.3 Å². The fourth-order valence-electron chi connectivity index (χ4n) is 3.70. The second-order valence-electron chi connectivity index (χ2n) is 7.83. The first-order chi connectivity index (χ1) is 15.4. The molecule has 8 heteroatoms. The standard InChI is InChI=1S/C24H20ClN5O2/c1-15(2)16-8-13-20-21(14-16)29-23(31)28(19-6-4-3-5-7-19)24(32)30(29)22(27-20)26-18-11-9-17(25)10-12-18/h3-15H,1-2H3,(H,26,27). The number of anilines is 2. The lowest BCUT2D eigenvalue weighted by molar-refractivity contribution is 0.790. The van der Waals surface area contributed by atoms with Crippen LogP contribution in [-0.2, 0) is 0 Å². The van der Waals surface area contributed by atoms with Crippen LogP contribution in [0.3, 0.4) is 0 Å². The summed E-state index contributed by atoms with van der Waals surface area (Å²) in [7, 11) is 0. The number of halogens is 1. The molecule has 0 aliphatic heterocycles. The third kappa shape index (κ3) is 3.27. The Labute approximate surface area is 188 Å². The molecule has 0 aliphatic carbocycles. The van der Waals surface area contributed by atoms with Gasteiger partial charge in [-0.1, -0.05) is 49.7 Å². The maximum Gasteiger partial charge on any atom is 0.359 e. The number of rotatable bonds is 4. The van der Waals surface area contributed by atoms with Gasteiger partial charge < -0.3 is 5.32 Å². The first kappa shape index (κ1) is 20.1. The number of nitrogens with one attached hydrogen (secondary N) is 1. The first-order valence-electron chi connectivity index (χ1n) is 10.2. The molecule has 7 nitrogen and oxygen atoms in total. The van der Waals surface area contributed by atoms with Crippen molar-refractivity contribution in [3.63, 3.8) is 0 Å². The molecule has 1 N–H and O–H groups in total. The quantitative estimate of drug-likeness (QED) is 0.438. The van der Waals surface area contributed by atoms with Crippen LogP contribution in [0.25, 0.3) is 16.7 Å². The number of benzene rings is 3. The van der Waals surface area contributed by atoms with E-state index in [1.54, 1.807) is 48.5 Å². The Hall–Kier alpha value is -3.84. The van der Waals surface area contributed by atoms with Gasteiger partial charge in [0, 0.05) is 10.7 Å². The largest absolute Gasteiger partial charge is 0.359 e. The lowest BCUT2D eigenvalue weighted by atomic mass is 10.0. The number of aromatic nitrogens is 4. The summed E-state index contributed by atoms with van der Waals surface area (Å²) >= 11 is 6.00. The molecule has 0 radical (unpaired) electrons. The van der Waals surface area contributed by atoms with Crippen molar-refractivity contribution in [3.05, 3.63) is 104 Å². The zero-order chi connectivity index (χ0) is 22.4. The van der Waals surface area contributed by atoms with Crippen LogP contribution in [0, 0.1) is 0 Å². The molecule has 0 unspecified atom stereocenters. The Kier molecular flexibility index (Phi) is 4.83. The molecule has 0 spiro atoms. The third-order valence-electron chi connectivity index (χ3n) is 5.38. The fraction of sp³-hybridized carbons (Fsp3) is 0.125. The highest BCUT2D eigenvalue weighted by atomic mass is 35.5. The van der Waals surface area contributed by atoms with Crippen LogP contribution in [0.1, 0.15) is 25.3 Å². The van der Waals surface area contributed by atoms with E-state index in [1.165, 1.54) is 9.03 Å². The highest BCUT2D eigenvalue weighted by Crippen LogP contribution is 2.23. The lowest BCUT2D eigenvalue weighted by Gasteiger charge is -2.12. The third-order valence-corrected chi connectivity index (χ3v) is 5.63. The molecule has 0 bridgehead atoms. The van der Waals surface area contributed by atoms with Crippen LogP contribution in [0.2, 0.25) is 5.02 Å². The Morgan fingerprint density at radius 3 is 2.25 bits per heavy atom. The molecule has 3 aromatic carbocycles. The zero-order valence-corrected chi connectivity index (χ0v) is 18.2. The SMILES string of the molecule is CC(C)c1ccc2nc(Nc3ccc(Cl)cc3)n3c(=O)n(-c4ccccc4)c(=O)n3c2c1. The summed E-state index contributed by atoms with van der Waals surface area (Å²) in [6.45, 7) is 4.15. The number of hydrogen-bond donors (Lipinski definition) is 1. The number of nitrogens with zero attached hydrogens (tertiary/aromatic N) is 4. The molecule has 32 heavy (non-hydrogen) atoms. The highest BCUT2D eigenvalue weighted by molar-refractivity contribution is 6.30. The Bertz CT molecular complexity index is 1560. The molecule has 2 aromatic heterocycles. The molecule has 0 saturated heterocycles. The zero-order valence-electron chi connectivity index (χ0n) is 17.5. The van der Waals surface area contributed by atoms with Gasteiger partial charge in [-0.2, -0.15) is 9.03 Å². The van der Waals surface area contributed by atoms with Crippen molar-refractivity contribution in [2.45, 2.75) is 19.8 Å². The minimum atomic E-state index is -0.512. The first-order valence-corrected chi connectivity index (χ1v) is 10.6. The summed E-state index contributed by atoms with van der Waals surface area (Å²) in [6, 6.07) is 21.7. The molecule has 0 fully saturated rings. The van der Waals surface area contributed by atoms with Crippen molar-refractivity contribution < 1.29 is 0 Å².